The zero-order valence-corrected chi connectivity index (χ0v) is 13.7. The van der Waals surface area contributed by atoms with E-state index in [1.807, 2.05) is 12.1 Å². The Morgan fingerprint density at radius 3 is 2.60 bits per heavy atom. The summed E-state index contributed by atoms with van der Waals surface area (Å²) < 4.78 is 0. The number of rotatable bonds is 3. The molecule has 1 atom stereocenters. The Morgan fingerprint density at radius 1 is 1.20 bits per heavy atom. The molecule has 0 amide bonds. The first-order valence-corrected chi connectivity index (χ1v) is 8.06. The van der Waals surface area contributed by atoms with Gasteiger partial charge in [0.2, 0.25) is 0 Å². The maximum absolute atomic E-state index is 10.9. The molecule has 1 aromatic rings. The van der Waals surface area contributed by atoms with Gasteiger partial charge in [-0.1, -0.05) is 29.3 Å². The Kier molecular flexibility index (Phi) is 5.36. The van der Waals surface area contributed by atoms with Crippen LogP contribution >= 0.6 is 23.2 Å². The molecule has 1 saturated heterocycles. The van der Waals surface area contributed by atoms with Crippen molar-refractivity contribution in [1.82, 2.24) is 4.90 Å². The molecule has 1 unspecified atom stereocenters. The minimum atomic E-state index is -0.624. The summed E-state index contributed by atoms with van der Waals surface area (Å²) in [7, 11) is 0. The van der Waals surface area contributed by atoms with Gasteiger partial charge in [0.15, 0.2) is 0 Å². The van der Waals surface area contributed by atoms with Gasteiger partial charge in [0.25, 0.3) is 0 Å². The van der Waals surface area contributed by atoms with E-state index in [4.69, 9.17) is 23.2 Å². The summed E-state index contributed by atoms with van der Waals surface area (Å²) in [6.45, 7) is 6.45. The van der Waals surface area contributed by atoms with Crippen molar-refractivity contribution in [3.8, 4) is 0 Å². The summed E-state index contributed by atoms with van der Waals surface area (Å²) in [5.41, 5.74) is 0.431. The molecule has 1 fully saturated rings. The molecule has 1 aliphatic heterocycles. The van der Waals surface area contributed by atoms with Crippen LogP contribution in [0.25, 0.3) is 0 Å². The summed E-state index contributed by atoms with van der Waals surface area (Å²) >= 11 is 12.0. The van der Waals surface area contributed by atoms with Crippen molar-refractivity contribution in [2.75, 3.05) is 13.1 Å². The van der Waals surface area contributed by atoms with Gasteiger partial charge < -0.3 is 10.0 Å². The second-order valence-corrected chi connectivity index (χ2v) is 6.95. The molecule has 0 aliphatic carbocycles. The molecule has 0 spiro atoms. The first-order valence-electron chi connectivity index (χ1n) is 7.30. The predicted molar refractivity (Wildman–Crippen MR) is 85.7 cm³/mol. The van der Waals surface area contributed by atoms with E-state index in [0.29, 0.717) is 22.5 Å². The molecule has 2 rings (SSSR count). The fourth-order valence-electron chi connectivity index (χ4n) is 2.92. The number of halogens is 2. The van der Waals surface area contributed by atoms with E-state index in [1.165, 1.54) is 0 Å². The number of hydrogen-bond acceptors (Lipinski definition) is 2. The van der Waals surface area contributed by atoms with Crippen molar-refractivity contribution >= 4 is 23.2 Å². The van der Waals surface area contributed by atoms with Crippen LogP contribution < -0.4 is 0 Å². The summed E-state index contributed by atoms with van der Waals surface area (Å²) in [4.78, 5) is 2.44. The van der Waals surface area contributed by atoms with Crippen molar-refractivity contribution in [1.29, 1.82) is 0 Å². The number of aliphatic hydroxyl groups is 1. The van der Waals surface area contributed by atoms with Gasteiger partial charge in [-0.25, -0.2) is 0 Å². The quantitative estimate of drug-likeness (QED) is 0.905. The fourth-order valence-corrected chi connectivity index (χ4v) is 3.24. The highest BCUT2D eigenvalue weighted by atomic mass is 35.5. The Morgan fingerprint density at radius 2 is 1.95 bits per heavy atom. The molecule has 1 aliphatic rings. The van der Waals surface area contributed by atoms with E-state index in [2.05, 4.69) is 18.7 Å². The van der Waals surface area contributed by atoms with E-state index >= 15 is 0 Å². The molecule has 0 aromatic heterocycles. The third-order valence-corrected chi connectivity index (χ3v) is 4.94. The van der Waals surface area contributed by atoms with Crippen molar-refractivity contribution in [3.05, 3.63) is 33.8 Å². The molecule has 0 radical (unpaired) electrons. The van der Waals surface area contributed by atoms with Gasteiger partial charge in [0.05, 0.1) is 15.6 Å². The summed E-state index contributed by atoms with van der Waals surface area (Å²) in [5.74, 6) is 0. The third kappa shape index (κ3) is 4.11. The van der Waals surface area contributed by atoms with Crippen LogP contribution in [0, 0.1) is 0 Å². The zero-order valence-electron chi connectivity index (χ0n) is 12.2. The van der Waals surface area contributed by atoms with Crippen LogP contribution in [0.5, 0.6) is 0 Å². The molecule has 0 saturated carbocycles. The SMILES string of the molecule is CC(C)N1CCCC(O)(Cc2ccc(Cl)c(Cl)c2)CC1. The Balaban J connectivity index is 2.05. The molecule has 2 nitrogen and oxygen atoms in total. The lowest BCUT2D eigenvalue weighted by Gasteiger charge is -2.28. The molecule has 1 N–H and O–H groups in total. The lowest BCUT2D eigenvalue weighted by molar-refractivity contribution is 0.0249. The molecule has 4 heteroatoms. The molecular weight excluding hydrogens is 293 g/mol. The maximum Gasteiger partial charge on any atom is 0.0700 e. The van der Waals surface area contributed by atoms with Gasteiger partial charge in [-0.05, 0) is 57.4 Å². The van der Waals surface area contributed by atoms with E-state index in [9.17, 15) is 5.11 Å². The lowest BCUT2D eigenvalue weighted by Crippen LogP contribution is -2.35. The highest BCUT2D eigenvalue weighted by Crippen LogP contribution is 2.30. The Bertz CT molecular complexity index is 464. The van der Waals surface area contributed by atoms with Gasteiger partial charge >= 0.3 is 0 Å². The first kappa shape index (κ1) is 16.1. The molecule has 20 heavy (non-hydrogen) atoms. The van der Waals surface area contributed by atoms with E-state index in [1.54, 1.807) is 6.07 Å². The second-order valence-electron chi connectivity index (χ2n) is 6.13. The fraction of sp³-hybridized carbons (Fsp3) is 0.625. The van der Waals surface area contributed by atoms with E-state index in [0.717, 1.165) is 37.9 Å². The van der Waals surface area contributed by atoms with Crippen LogP contribution in [0.15, 0.2) is 18.2 Å². The maximum atomic E-state index is 10.9. The highest BCUT2D eigenvalue weighted by Gasteiger charge is 2.31. The average Bonchev–Trinajstić information content (AvgIpc) is 2.56. The highest BCUT2D eigenvalue weighted by molar-refractivity contribution is 6.42. The molecule has 1 heterocycles. The van der Waals surface area contributed by atoms with Crippen molar-refractivity contribution in [2.24, 2.45) is 0 Å². The average molecular weight is 316 g/mol. The van der Waals surface area contributed by atoms with Crippen molar-refractivity contribution in [2.45, 2.75) is 51.2 Å². The summed E-state index contributed by atoms with van der Waals surface area (Å²) in [5, 5.41) is 12.0. The molecule has 112 valence electrons. The topological polar surface area (TPSA) is 23.5 Å². The van der Waals surface area contributed by atoms with Crippen LogP contribution in [0.2, 0.25) is 10.0 Å². The molecule has 1 aromatic carbocycles. The summed E-state index contributed by atoms with van der Waals surface area (Å²) in [6.07, 6.45) is 3.34. The van der Waals surface area contributed by atoms with Gasteiger partial charge in [0.1, 0.15) is 0 Å². The minimum Gasteiger partial charge on any atom is -0.389 e. The predicted octanol–water partition coefficient (Wildman–Crippen LogP) is 4.16. The van der Waals surface area contributed by atoms with E-state index in [-0.39, 0.29) is 0 Å². The van der Waals surface area contributed by atoms with Gasteiger partial charge in [-0.15, -0.1) is 0 Å². The van der Waals surface area contributed by atoms with Crippen LogP contribution in [0.1, 0.15) is 38.7 Å². The van der Waals surface area contributed by atoms with Crippen molar-refractivity contribution in [3.63, 3.8) is 0 Å². The molecular formula is C16H23Cl2NO. The summed E-state index contributed by atoms with van der Waals surface area (Å²) in [6, 6.07) is 6.17. The number of likely N-dealkylation sites (tertiary alicyclic amines) is 1. The number of nitrogens with zero attached hydrogens (tertiary/aromatic N) is 1. The number of hydrogen-bond donors (Lipinski definition) is 1. The minimum absolute atomic E-state index is 0.544. The smallest absolute Gasteiger partial charge is 0.0700 e. The van der Waals surface area contributed by atoms with Crippen LogP contribution in [-0.2, 0) is 6.42 Å². The Hall–Kier alpha value is -0.280. The molecule has 0 bridgehead atoms. The monoisotopic (exact) mass is 315 g/mol. The zero-order chi connectivity index (χ0) is 14.8. The van der Waals surface area contributed by atoms with Crippen LogP contribution in [0.3, 0.4) is 0 Å². The van der Waals surface area contributed by atoms with Gasteiger partial charge in [-0.2, -0.15) is 0 Å². The van der Waals surface area contributed by atoms with Crippen LogP contribution in [0.4, 0.5) is 0 Å². The third-order valence-electron chi connectivity index (χ3n) is 4.20. The van der Waals surface area contributed by atoms with Gasteiger partial charge in [0, 0.05) is 19.0 Å². The van der Waals surface area contributed by atoms with E-state index < -0.39 is 5.60 Å². The normalized spacial score (nSPS) is 24.9. The van der Waals surface area contributed by atoms with Crippen molar-refractivity contribution < 1.29 is 5.11 Å². The Labute approximate surface area is 131 Å². The number of benzene rings is 1. The standard InChI is InChI=1S/C16H23Cl2NO/c1-12(2)19-8-3-6-16(20,7-9-19)11-13-4-5-14(17)15(18)10-13/h4-5,10,12,20H,3,6-9,11H2,1-2H3. The van der Waals surface area contributed by atoms with Gasteiger partial charge in [-0.3, -0.25) is 0 Å². The largest absolute Gasteiger partial charge is 0.389 e. The lowest BCUT2D eigenvalue weighted by atomic mass is 9.88. The first-order chi connectivity index (χ1) is 9.39. The van der Waals surface area contributed by atoms with Crippen LogP contribution in [-0.4, -0.2) is 34.7 Å². The second kappa shape index (κ2) is 6.65.